The number of rotatable bonds is 5. The molecule has 0 fully saturated rings. The Morgan fingerprint density at radius 1 is 1.11 bits per heavy atom. The molecule has 0 saturated heterocycles. The maximum absolute atomic E-state index is 14.3. The molecule has 0 saturated carbocycles. The van der Waals surface area contributed by atoms with Gasteiger partial charge in [0.1, 0.15) is 29.1 Å². The van der Waals surface area contributed by atoms with Crippen molar-refractivity contribution in [2.24, 2.45) is 0 Å². The van der Waals surface area contributed by atoms with E-state index < -0.39 is 11.9 Å². The first-order valence-electron chi connectivity index (χ1n) is 11.4. The van der Waals surface area contributed by atoms with Gasteiger partial charge in [-0.1, -0.05) is 18.2 Å². The number of nitrogens with zero attached hydrogens (tertiary/aromatic N) is 6. The fraction of sp³-hybridized carbons (Fsp3) is 0.111. The summed E-state index contributed by atoms with van der Waals surface area (Å²) in [7, 11) is 0. The Morgan fingerprint density at radius 2 is 1.92 bits per heavy atom. The SMILES string of the molecule is Cc1cc(-c2cccc3nc([C@H](C)Nc4nc(N)ncc4C#N)n(-c4cccc(F)c4)c(=O)c23)ccn1. The summed E-state index contributed by atoms with van der Waals surface area (Å²) >= 11 is 0. The van der Waals surface area contributed by atoms with Crippen LogP contribution in [0.5, 0.6) is 0 Å². The molecule has 0 amide bonds. The molecule has 0 aliphatic heterocycles. The zero-order valence-corrected chi connectivity index (χ0v) is 20.0. The van der Waals surface area contributed by atoms with Crippen molar-refractivity contribution >= 4 is 22.7 Å². The molecule has 0 aliphatic carbocycles. The zero-order valence-electron chi connectivity index (χ0n) is 20.0. The number of nitriles is 1. The van der Waals surface area contributed by atoms with Gasteiger partial charge >= 0.3 is 0 Å². The van der Waals surface area contributed by atoms with Crippen molar-refractivity contribution in [2.75, 3.05) is 11.1 Å². The van der Waals surface area contributed by atoms with E-state index >= 15 is 0 Å². The minimum atomic E-state index is -0.631. The number of fused-ring (bicyclic) bond motifs is 1. The second-order valence-electron chi connectivity index (χ2n) is 8.44. The third kappa shape index (κ3) is 4.46. The van der Waals surface area contributed by atoms with Crippen LogP contribution in [0, 0.1) is 24.1 Å². The summed E-state index contributed by atoms with van der Waals surface area (Å²) in [6.45, 7) is 3.64. The number of hydrogen-bond acceptors (Lipinski definition) is 8. The van der Waals surface area contributed by atoms with E-state index in [1.807, 2.05) is 37.3 Å². The molecular weight excluding hydrogens is 471 g/mol. The molecule has 0 aliphatic rings. The molecule has 9 nitrogen and oxygen atoms in total. The molecule has 3 N–H and O–H groups in total. The first kappa shape index (κ1) is 23.6. The number of nitrogen functional groups attached to an aromatic ring is 1. The minimum Gasteiger partial charge on any atom is -0.368 e. The Labute approximate surface area is 211 Å². The topological polar surface area (TPSA) is 135 Å². The highest BCUT2D eigenvalue weighted by atomic mass is 19.1. The number of benzene rings is 2. The van der Waals surface area contributed by atoms with Gasteiger partial charge in [-0.25, -0.2) is 14.4 Å². The van der Waals surface area contributed by atoms with Crippen LogP contribution in [0.1, 0.15) is 30.0 Å². The zero-order chi connectivity index (χ0) is 26.1. The molecule has 3 heterocycles. The molecule has 37 heavy (non-hydrogen) atoms. The van der Waals surface area contributed by atoms with Crippen LogP contribution in [0.25, 0.3) is 27.7 Å². The maximum Gasteiger partial charge on any atom is 0.266 e. The third-order valence-corrected chi connectivity index (χ3v) is 5.87. The van der Waals surface area contributed by atoms with Gasteiger partial charge in [0.2, 0.25) is 5.95 Å². The predicted octanol–water partition coefficient (Wildman–Crippen LogP) is 4.31. The highest BCUT2D eigenvalue weighted by molar-refractivity contribution is 5.94. The van der Waals surface area contributed by atoms with Crippen LogP contribution in [0.2, 0.25) is 0 Å². The number of anilines is 2. The van der Waals surface area contributed by atoms with Crippen LogP contribution in [0.15, 0.2) is 71.8 Å². The highest BCUT2D eigenvalue weighted by Gasteiger charge is 2.22. The highest BCUT2D eigenvalue weighted by Crippen LogP contribution is 2.29. The van der Waals surface area contributed by atoms with E-state index in [2.05, 4.69) is 20.3 Å². The van der Waals surface area contributed by atoms with Crippen molar-refractivity contribution in [2.45, 2.75) is 19.9 Å². The van der Waals surface area contributed by atoms with E-state index in [0.717, 1.165) is 11.3 Å². The van der Waals surface area contributed by atoms with Gasteiger partial charge in [0.15, 0.2) is 0 Å². The van der Waals surface area contributed by atoms with E-state index in [1.165, 1.54) is 29.0 Å². The Kier molecular flexibility index (Phi) is 6.03. The largest absolute Gasteiger partial charge is 0.368 e. The number of aromatic nitrogens is 5. The number of aryl methyl sites for hydroxylation is 1. The molecule has 0 unspecified atom stereocenters. The number of nitrogens with one attached hydrogen (secondary N) is 1. The van der Waals surface area contributed by atoms with Crippen molar-refractivity contribution in [1.82, 2.24) is 24.5 Å². The predicted molar refractivity (Wildman–Crippen MR) is 138 cm³/mol. The first-order valence-corrected chi connectivity index (χ1v) is 11.4. The van der Waals surface area contributed by atoms with Crippen molar-refractivity contribution in [3.63, 3.8) is 0 Å². The third-order valence-electron chi connectivity index (χ3n) is 5.87. The summed E-state index contributed by atoms with van der Waals surface area (Å²) < 4.78 is 15.7. The van der Waals surface area contributed by atoms with E-state index in [9.17, 15) is 14.4 Å². The number of hydrogen-bond donors (Lipinski definition) is 2. The summed E-state index contributed by atoms with van der Waals surface area (Å²) in [4.78, 5) is 31.2. The van der Waals surface area contributed by atoms with E-state index in [0.29, 0.717) is 28.0 Å². The molecule has 1 atom stereocenters. The summed E-state index contributed by atoms with van der Waals surface area (Å²) in [5, 5.41) is 13.0. The van der Waals surface area contributed by atoms with Gasteiger partial charge in [-0.3, -0.25) is 14.3 Å². The Bertz CT molecular complexity index is 1760. The second-order valence-corrected chi connectivity index (χ2v) is 8.44. The van der Waals surface area contributed by atoms with Crippen LogP contribution < -0.4 is 16.6 Å². The number of pyridine rings is 1. The smallest absolute Gasteiger partial charge is 0.266 e. The fourth-order valence-electron chi connectivity index (χ4n) is 4.21. The molecule has 182 valence electrons. The van der Waals surface area contributed by atoms with Crippen molar-refractivity contribution in [3.05, 3.63) is 100 Å². The second kappa shape index (κ2) is 9.47. The van der Waals surface area contributed by atoms with Gasteiger partial charge in [-0.2, -0.15) is 10.2 Å². The molecule has 0 radical (unpaired) electrons. The lowest BCUT2D eigenvalue weighted by Crippen LogP contribution is -2.28. The first-order chi connectivity index (χ1) is 17.9. The summed E-state index contributed by atoms with van der Waals surface area (Å²) in [6, 6.07) is 16.3. The maximum atomic E-state index is 14.3. The lowest BCUT2D eigenvalue weighted by atomic mass is 10.0. The minimum absolute atomic E-state index is 0.0139. The van der Waals surface area contributed by atoms with Crippen molar-refractivity contribution < 1.29 is 4.39 Å². The number of nitrogens with two attached hydrogens (primary N) is 1. The van der Waals surface area contributed by atoms with E-state index in [1.54, 1.807) is 25.3 Å². The standard InChI is InChI=1S/C27H21FN8O/c1-15-11-17(9-10-31-15)21-7-4-8-22-23(21)26(37)36(20-6-3-5-19(28)12-20)25(34-22)16(2)33-24-18(13-29)14-32-27(30)35-24/h3-12,14,16H,1-2H3,(H3,30,32,33,35)/t16-/m0/s1. The van der Waals surface area contributed by atoms with Gasteiger partial charge < -0.3 is 11.1 Å². The Morgan fingerprint density at radius 3 is 2.68 bits per heavy atom. The fourth-order valence-corrected chi connectivity index (χ4v) is 4.21. The van der Waals surface area contributed by atoms with E-state index in [-0.39, 0.29) is 22.9 Å². The lowest BCUT2D eigenvalue weighted by molar-refractivity contribution is 0.624. The summed E-state index contributed by atoms with van der Waals surface area (Å²) in [5.74, 6) is -0.0136. The molecule has 0 bridgehead atoms. The van der Waals surface area contributed by atoms with Gasteiger partial charge in [0.25, 0.3) is 5.56 Å². The van der Waals surface area contributed by atoms with Crippen molar-refractivity contribution in [3.8, 4) is 22.9 Å². The molecule has 10 heteroatoms. The Hall–Kier alpha value is -5.17. The normalized spacial score (nSPS) is 11.7. The molecule has 5 rings (SSSR count). The van der Waals surface area contributed by atoms with Gasteiger partial charge in [0.05, 0.1) is 28.8 Å². The molecule has 3 aromatic heterocycles. The molecule has 5 aromatic rings. The molecule has 2 aromatic carbocycles. The van der Waals surface area contributed by atoms with Crippen LogP contribution >= 0.6 is 0 Å². The van der Waals surface area contributed by atoms with Gasteiger partial charge in [0, 0.05) is 11.9 Å². The summed E-state index contributed by atoms with van der Waals surface area (Å²) in [5.41, 5.74) is 8.63. The average molecular weight is 493 g/mol. The monoisotopic (exact) mass is 492 g/mol. The molecule has 0 spiro atoms. The molecular formula is C27H21FN8O. The van der Waals surface area contributed by atoms with Crippen LogP contribution in [0.4, 0.5) is 16.2 Å². The van der Waals surface area contributed by atoms with Crippen LogP contribution in [-0.4, -0.2) is 24.5 Å². The average Bonchev–Trinajstić information content (AvgIpc) is 2.88. The van der Waals surface area contributed by atoms with E-state index in [4.69, 9.17) is 10.7 Å². The van der Waals surface area contributed by atoms with Crippen molar-refractivity contribution in [1.29, 1.82) is 5.26 Å². The Balaban J connectivity index is 1.77. The van der Waals surface area contributed by atoms with Crippen LogP contribution in [-0.2, 0) is 0 Å². The van der Waals surface area contributed by atoms with Gasteiger partial charge in [-0.05, 0) is 61.4 Å². The van der Waals surface area contributed by atoms with Gasteiger partial charge in [-0.15, -0.1) is 0 Å². The number of halogens is 1. The summed E-state index contributed by atoms with van der Waals surface area (Å²) in [6.07, 6.45) is 3.00. The quantitative estimate of drug-likeness (QED) is 0.370. The lowest BCUT2D eigenvalue weighted by Gasteiger charge is -2.21. The van der Waals surface area contributed by atoms with Crippen LogP contribution in [0.3, 0.4) is 0 Å².